The number of alkyl halides is 3. The minimum absolute atomic E-state index is 0.107. The third kappa shape index (κ3) is 8.86. The summed E-state index contributed by atoms with van der Waals surface area (Å²) in [5.74, 6) is 0.136. The number of nitrogens with one attached hydrogen (secondary N) is 1. The lowest BCUT2D eigenvalue weighted by Crippen LogP contribution is -2.56. The number of urea groups is 1. The summed E-state index contributed by atoms with van der Waals surface area (Å²) in [5, 5.41) is 19.7. The summed E-state index contributed by atoms with van der Waals surface area (Å²) in [7, 11) is 3.67. The Kier molecular flexibility index (Phi) is 12.6. The maximum atomic E-state index is 13.5. The van der Waals surface area contributed by atoms with Crippen molar-refractivity contribution in [1.82, 2.24) is 29.9 Å². The number of hydrogen-bond acceptors (Lipinski definition) is 8. The first-order valence-electron chi connectivity index (χ1n) is 20.4. The highest BCUT2D eigenvalue weighted by Crippen LogP contribution is 2.49. The molecule has 4 amide bonds. The van der Waals surface area contributed by atoms with Crippen molar-refractivity contribution in [3.05, 3.63) is 82.3 Å². The summed E-state index contributed by atoms with van der Waals surface area (Å²) < 4.78 is 41.8. The predicted octanol–water partition coefficient (Wildman–Crippen LogP) is 7.27. The van der Waals surface area contributed by atoms with Gasteiger partial charge in [0.25, 0.3) is 11.8 Å². The SMILES string of the molecule is CNC(=O)N(CCC=O)c1cc(C(=O)N2CCC(CCN(C)CC3CCC(n4cc5cc6c(cc5n4)C(C)(O)N6C(=O)c4cccc(C(F)(F)F)n4)CC3)CC2)ccc1Cl. The predicted molar refractivity (Wildman–Crippen MR) is 221 cm³/mol. The van der Waals surface area contributed by atoms with Gasteiger partial charge in [-0.25, -0.2) is 9.78 Å². The molecule has 2 aromatic carbocycles. The van der Waals surface area contributed by atoms with Gasteiger partial charge in [0.1, 0.15) is 17.7 Å². The normalized spacial score (nSPS) is 20.8. The summed E-state index contributed by atoms with van der Waals surface area (Å²) in [4.78, 5) is 60.6. The first-order chi connectivity index (χ1) is 28.6. The quantitative estimate of drug-likeness (QED) is 0.142. The van der Waals surface area contributed by atoms with Crippen molar-refractivity contribution in [3.63, 3.8) is 0 Å². The second kappa shape index (κ2) is 17.5. The van der Waals surface area contributed by atoms with Crippen molar-refractivity contribution >= 4 is 58.0 Å². The van der Waals surface area contributed by atoms with Gasteiger partial charge in [0.05, 0.1) is 28.0 Å². The molecule has 1 aliphatic carbocycles. The molecule has 0 bridgehead atoms. The number of hydrogen-bond donors (Lipinski definition) is 2. The average molecular weight is 851 g/mol. The van der Waals surface area contributed by atoms with E-state index in [1.807, 2.05) is 15.8 Å². The summed E-state index contributed by atoms with van der Waals surface area (Å²) in [6.45, 7) is 4.84. The maximum absolute atomic E-state index is 13.5. The fourth-order valence-corrected chi connectivity index (χ4v) is 9.12. The summed E-state index contributed by atoms with van der Waals surface area (Å²) >= 11 is 6.42. The molecule has 2 N–H and O–H groups in total. The van der Waals surface area contributed by atoms with Gasteiger partial charge < -0.3 is 25.0 Å². The second-order valence-corrected chi connectivity index (χ2v) is 16.8. The van der Waals surface area contributed by atoms with Crippen molar-refractivity contribution < 1.29 is 37.5 Å². The van der Waals surface area contributed by atoms with Crippen LogP contribution in [0.25, 0.3) is 10.9 Å². The molecule has 0 radical (unpaired) electrons. The molecule has 320 valence electrons. The van der Waals surface area contributed by atoms with Gasteiger partial charge in [0.2, 0.25) is 0 Å². The number of likely N-dealkylation sites (tertiary alicyclic amines) is 1. The van der Waals surface area contributed by atoms with E-state index in [2.05, 4.69) is 22.2 Å². The summed E-state index contributed by atoms with van der Waals surface area (Å²) in [6.07, 6.45) is 4.99. The van der Waals surface area contributed by atoms with Crippen LogP contribution in [0.1, 0.15) is 96.4 Å². The molecular formula is C43H50ClF3N8O5. The Balaban J connectivity index is 0.876. The van der Waals surface area contributed by atoms with E-state index in [9.17, 15) is 37.5 Å². The van der Waals surface area contributed by atoms with E-state index >= 15 is 0 Å². The first kappa shape index (κ1) is 43.0. The van der Waals surface area contributed by atoms with Gasteiger partial charge in [-0.3, -0.25) is 24.1 Å². The minimum atomic E-state index is -4.71. The number of piperidine rings is 1. The van der Waals surface area contributed by atoms with Crippen LogP contribution in [0.4, 0.5) is 29.3 Å². The highest BCUT2D eigenvalue weighted by molar-refractivity contribution is 6.34. The van der Waals surface area contributed by atoms with E-state index in [1.165, 1.54) is 24.9 Å². The molecule has 2 aromatic heterocycles. The Labute approximate surface area is 351 Å². The Bertz CT molecular complexity index is 2250. The van der Waals surface area contributed by atoms with E-state index in [0.717, 1.165) is 86.7 Å². The molecule has 3 aliphatic rings. The van der Waals surface area contributed by atoms with E-state index in [0.29, 0.717) is 58.0 Å². The van der Waals surface area contributed by atoms with Crippen molar-refractivity contribution in [2.24, 2.45) is 11.8 Å². The number of halogens is 4. The van der Waals surface area contributed by atoms with E-state index in [-0.39, 0.29) is 24.9 Å². The largest absolute Gasteiger partial charge is 0.433 e. The van der Waals surface area contributed by atoms with Crippen LogP contribution in [-0.2, 0) is 16.7 Å². The van der Waals surface area contributed by atoms with Crippen LogP contribution >= 0.6 is 11.6 Å². The van der Waals surface area contributed by atoms with Gasteiger partial charge in [0, 0.05) is 62.4 Å². The number of nitrogens with zero attached hydrogens (tertiary/aromatic N) is 7. The molecule has 60 heavy (non-hydrogen) atoms. The Morgan fingerprint density at radius 2 is 1.73 bits per heavy atom. The van der Waals surface area contributed by atoms with Crippen molar-refractivity contribution in [2.75, 3.05) is 56.6 Å². The van der Waals surface area contributed by atoms with Crippen LogP contribution in [0.2, 0.25) is 5.02 Å². The molecule has 1 saturated carbocycles. The second-order valence-electron chi connectivity index (χ2n) is 16.4. The molecule has 0 spiro atoms. The van der Waals surface area contributed by atoms with Crippen molar-refractivity contribution in [1.29, 1.82) is 0 Å². The van der Waals surface area contributed by atoms with Crippen molar-refractivity contribution in [2.45, 2.75) is 76.2 Å². The number of pyridine rings is 1. The molecule has 13 nitrogen and oxygen atoms in total. The topological polar surface area (TPSA) is 144 Å². The molecule has 7 rings (SSSR count). The zero-order chi connectivity index (χ0) is 42.9. The number of anilines is 2. The molecule has 17 heteroatoms. The van der Waals surface area contributed by atoms with Crippen LogP contribution in [0.5, 0.6) is 0 Å². The van der Waals surface area contributed by atoms with E-state index in [1.54, 1.807) is 30.3 Å². The van der Waals surface area contributed by atoms with Crippen LogP contribution in [0.15, 0.2) is 54.7 Å². The number of rotatable bonds is 12. The number of aldehydes is 1. The number of fused-ring (bicyclic) bond motifs is 2. The standard InChI is InChI=1S/C43H50ClF3N8O5/c1-42(60)32-24-35-30(23-36(32)55(42)40(58)34-6-4-7-38(49-34)43(45,46)47)26-54(50-35)31-11-8-28(9-12-31)25-51(3)18-14-27-15-19-52(20-16-27)39(57)29-10-13-33(44)37(22-29)53(17-5-21-56)41(59)48-2/h4,6-7,10,13,21-24,26-28,31,60H,5,8-9,11-12,14-20,25H2,1-3H3,(H,48,59). The van der Waals surface area contributed by atoms with Crippen LogP contribution in [-0.4, -0.2) is 101 Å². The number of carbonyl (C=O) groups is 4. The highest BCUT2D eigenvalue weighted by atomic mass is 35.5. The number of carbonyl (C=O) groups excluding carboxylic acids is 4. The zero-order valence-corrected chi connectivity index (χ0v) is 34.7. The number of aliphatic hydroxyl groups is 1. The number of benzene rings is 2. The maximum Gasteiger partial charge on any atom is 0.433 e. The molecule has 2 fully saturated rings. The summed E-state index contributed by atoms with van der Waals surface area (Å²) in [6, 6.07) is 11.3. The highest BCUT2D eigenvalue weighted by Gasteiger charge is 2.49. The molecule has 2 aliphatic heterocycles. The van der Waals surface area contributed by atoms with Crippen molar-refractivity contribution in [3.8, 4) is 0 Å². The molecule has 1 unspecified atom stereocenters. The van der Waals surface area contributed by atoms with E-state index in [4.69, 9.17) is 16.7 Å². The molecule has 1 atom stereocenters. The lowest BCUT2D eigenvalue weighted by molar-refractivity contribution is -0.141. The van der Waals surface area contributed by atoms with Gasteiger partial charge in [-0.1, -0.05) is 17.7 Å². The van der Waals surface area contributed by atoms with Gasteiger partial charge in [-0.15, -0.1) is 0 Å². The monoisotopic (exact) mass is 850 g/mol. The third-order valence-corrected chi connectivity index (χ3v) is 12.6. The molecular weight excluding hydrogens is 801 g/mol. The fraction of sp³-hybridized carbons (Fsp3) is 0.488. The number of aromatic nitrogens is 3. The zero-order valence-electron chi connectivity index (χ0n) is 33.9. The van der Waals surface area contributed by atoms with Gasteiger partial charge in [-0.2, -0.15) is 18.3 Å². The third-order valence-electron chi connectivity index (χ3n) is 12.3. The smallest absolute Gasteiger partial charge is 0.366 e. The van der Waals surface area contributed by atoms with Crippen LogP contribution in [0, 0.1) is 11.8 Å². The van der Waals surface area contributed by atoms with Crippen LogP contribution in [0.3, 0.4) is 0 Å². The first-order valence-corrected chi connectivity index (χ1v) is 20.8. The molecule has 4 aromatic rings. The van der Waals surface area contributed by atoms with Gasteiger partial charge >= 0.3 is 12.2 Å². The van der Waals surface area contributed by atoms with E-state index < -0.39 is 35.2 Å². The van der Waals surface area contributed by atoms with Crippen LogP contribution < -0.4 is 15.1 Å². The Hall–Kier alpha value is -5.06. The van der Waals surface area contributed by atoms with Gasteiger partial charge in [0.15, 0.2) is 5.72 Å². The molecule has 4 heterocycles. The van der Waals surface area contributed by atoms with Gasteiger partial charge in [-0.05, 0) is 120 Å². The lowest BCUT2D eigenvalue weighted by atomic mass is 9.85. The fourth-order valence-electron chi connectivity index (χ4n) is 8.90. The summed E-state index contributed by atoms with van der Waals surface area (Å²) in [5.41, 5.74) is -0.926. The Morgan fingerprint density at radius 3 is 2.42 bits per heavy atom. The Morgan fingerprint density at radius 1 is 1.00 bits per heavy atom. The number of amides is 4. The lowest BCUT2D eigenvalue weighted by Gasteiger charge is -2.47. The molecule has 1 saturated heterocycles. The average Bonchev–Trinajstić information content (AvgIpc) is 3.66. The minimum Gasteiger partial charge on any atom is -0.366 e.